The van der Waals surface area contributed by atoms with Gasteiger partial charge in [0.05, 0.1) is 18.5 Å². The van der Waals surface area contributed by atoms with Crippen LogP contribution in [0.5, 0.6) is 0 Å². The van der Waals surface area contributed by atoms with Crippen molar-refractivity contribution < 1.29 is 5.11 Å². The Balaban J connectivity index is 2.96. The van der Waals surface area contributed by atoms with Crippen LogP contribution in [0, 0.1) is 0 Å². The average molecular weight is 232 g/mol. The number of aromatic nitrogens is 2. The summed E-state index contributed by atoms with van der Waals surface area (Å²) in [4.78, 5) is 8.02. The second-order valence-electron chi connectivity index (χ2n) is 2.55. The topological polar surface area (TPSA) is 72.0 Å². The molecule has 5 heteroatoms. The summed E-state index contributed by atoms with van der Waals surface area (Å²) in [7, 11) is 0. The molecule has 0 radical (unpaired) electrons. The lowest BCUT2D eigenvalue weighted by molar-refractivity contribution is 0.270. The molecule has 1 aromatic rings. The third-order valence-electron chi connectivity index (χ3n) is 1.55. The van der Waals surface area contributed by atoms with Gasteiger partial charge in [-0.05, 0) is 15.9 Å². The van der Waals surface area contributed by atoms with E-state index in [1.807, 2.05) is 6.92 Å². The van der Waals surface area contributed by atoms with Crippen molar-refractivity contribution in [2.45, 2.75) is 12.8 Å². The van der Waals surface area contributed by atoms with Gasteiger partial charge in [-0.2, -0.15) is 0 Å². The van der Waals surface area contributed by atoms with Gasteiger partial charge in [0.25, 0.3) is 0 Å². The van der Waals surface area contributed by atoms with Crippen molar-refractivity contribution in [2.24, 2.45) is 0 Å². The largest absolute Gasteiger partial charge is 0.396 e. The van der Waals surface area contributed by atoms with Gasteiger partial charge in [0, 0.05) is 5.92 Å². The minimum absolute atomic E-state index is 0.00519. The Hall–Kier alpha value is -0.680. The fourth-order valence-electron chi connectivity index (χ4n) is 0.719. The molecule has 0 aliphatic carbocycles. The monoisotopic (exact) mass is 231 g/mol. The average Bonchev–Trinajstić information content (AvgIpc) is 2.08. The number of halogens is 1. The Morgan fingerprint density at radius 2 is 2.42 bits per heavy atom. The van der Waals surface area contributed by atoms with E-state index in [4.69, 9.17) is 10.8 Å². The van der Waals surface area contributed by atoms with E-state index < -0.39 is 0 Å². The van der Waals surface area contributed by atoms with Gasteiger partial charge in [-0.3, -0.25) is 0 Å². The van der Waals surface area contributed by atoms with Gasteiger partial charge in [-0.1, -0.05) is 6.92 Å². The SMILES string of the molecule is C[C@@H](CO)c1cnc(N)c(Br)n1. The van der Waals surface area contributed by atoms with Crippen LogP contribution in [0.4, 0.5) is 5.82 Å². The molecule has 3 N–H and O–H groups in total. The summed E-state index contributed by atoms with van der Waals surface area (Å²) in [6.45, 7) is 1.93. The number of hydrogen-bond acceptors (Lipinski definition) is 4. The van der Waals surface area contributed by atoms with Crippen LogP contribution in [0.3, 0.4) is 0 Å². The van der Waals surface area contributed by atoms with Crippen LogP contribution in [0.1, 0.15) is 18.5 Å². The third-order valence-corrected chi connectivity index (χ3v) is 2.14. The zero-order chi connectivity index (χ0) is 9.14. The van der Waals surface area contributed by atoms with E-state index in [-0.39, 0.29) is 12.5 Å². The summed E-state index contributed by atoms with van der Waals surface area (Å²) in [5, 5.41) is 8.83. The van der Waals surface area contributed by atoms with Gasteiger partial charge in [0.15, 0.2) is 5.82 Å². The number of nitrogens with zero attached hydrogens (tertiary/aromatic N) is 2. The van der Waals surface area contributed by atoms with Crippen LogP contribution in [-0.4, -0.2) is 21.7 Å². The summed E-state index contributed by atoms with van der Waals surface area (Å²) >= 11 is 3.16. The van der Waals surface area contributed by atoms with E-state index in [9.17, 15) is 0 Å². The number of hydrogen-bond donors (Lipinski definition) is 2. The fraction of sp³-hybridized carbons (Fsp3) is 0.429. The molecule has 0 aliphatic heterocycles. The molecule has 0 aromatic carbocycles. The van der Waals surface area contributed by atoms with Crippen LogP contribution in [0.25, 0.3) is 0 Å². The highest BCUT2D eigenvalue weighted by molar-refractivity contribution is 9.10. The van der Waals surface area contributed by atoms with Crippen molar-refractivity contribution in [3.63, 3.8) is 0 Å². The number of nitrogens with two attached hydrogens (primary N) is 1. The summed E-state index contributed by atoms with van der Waals surface area (Å²) in [5.41, 5.74) is 6.18. The van der Waals surface area contributed by atoms with Gasteiger partial charge in [0.2, 0.25) is 0 Å². The molecule has 12 heavy (non-hydrogen) atoms. The molecule has 0 spiro atoms. The highest BCUT2D eigenvalue weighted by Crippen LogP contribution is 2.17. The zero-order valence-corrected chi connectivity index (χ0v) is 8.24. The number of nitrogen functional groups attached to an aromatic ring is 1. The summed E-state index contributed by atoms with van der Waals surface area (Å²) < 4.78 is 0.528. The number of aliphatic hydroxyl groups is 1. The Morgan fingerprint density at radius 1 is 1.75 bits per heavy atom. The smallest absolute Gasteiger partial charge is 0.156 e. The fourth-order valence-corrected chi connectivity index (χ4v) is 1.03. The Labute approximate surface area is 79.0 Å². The maximum absolute atomic E-state index is 8.83. The van der Waals surface area contributed by atoms with Crippen molar-refractivity contribution in [1.82, 2.24) is 9.97 Å². The first kappa shape index (κ1) is 9.41. The Bertz CT molecular complexity index is 279. The van der Waals surface area contributed by atoms with E-state index in [1.54, 1.807) is 6.20 Å². The minimum Gasteiger partial charge on any atom is -0.396 e. The lowest BCUT2D eigenvalue weighted by Crippen LogP contribution is -2.04. The van der Waals surface area contributed by atoms with Crippen molar-refractivity contribution >= 4 is 21.7 Å². The lowest BCUT2D eigenvalue weighted by Gasteiger charge is -2.06. The summed E-state index contributed by atoms with van der Waals surface area (Å²) in [6, 6.07) is 0. The molecule has 1 rings (SSSR count). The van der Waals surface area contributed by atoms with Gasteiger partial charge in [-0.25, -0.2) is 9.97 Å². The van der Waals surface area contributed by atoms with E-state index in [2.05, 4.69) is 25.9 Å². The van der Waals surface area contributed by atoms with Gasteiger partial charge in [0.1, 0.15) is 4.60 Å². The van der Waals surface area contributed by atoms with Crippen LogP contribution in [0.2, 0.25) is 0 Å². The number of aliphatic hydroxyl groups excluding tert-OH is 1. The van der Waals surface area contributed by atoms with Crippen LogP contribution < -0.4 is 5.73 Å². The zero-order valence-electron chi connectivity index (χ0n) is 6.66. The molecule has 1 atom stereocenters. The first-order valence-electron chi connectivity index (χ1n) is 3.54. The first-order valence-corrected chi connectivity index (χ1v) is 4.33. The van der Waals surface area contributed by atoms with Crippen molar-refractivity contribution in [3.8, 4) is 0 Å². The summed E-state index contributed by atoms with van der Waals surface area (Å²) in [5.74, 6) is 0.360. The van der Waals surface area contributed by atoms with E-state index in [0.29, 0.717) is 10.4 Å². The molecule has 1 heterocycles. The van der Waals surface area contributed by atoms with Gasteiger partial charge in [-0.15, -0.1) is 0 Å². The number of rotatable bonds is 2. The maximum Gasteiger partial charge on any atom is 0.156 e. The molecule has 0 unspecified atom stereocenters. The maximum atomic E-state index is 8.83. The van der Waals surface area contributed by atoms with Gasteiger partial charge >= 0.3 is 0 Å². The number of anilines is 1. The predicted octanol–water partition coefficient (Wildman–Crippen LogP) is 0.917. The molecule has 0 saturated carbocycles. The molecule has 0 aliphatic rings. The molecule has 0 amide bonds. The quantitative estimate of drug-likeness (QED) is 0.795. The van der Waals surface area contributed by atoms with Gasteiger partial charge < -0.3 is 10.8 Å². The Morgan fingerprint density at radius 3 is 2.92 bits per heavy atom. The summed E-state index contributed by atoms with van der Waals surface area (Å²) in [6.07, 6.45) is 1.57. The second-order valence-corrected chi connectivity index (χ2v) is 3.31. The van der Waals surface area contributed by atoms with Crippen molar-refractivity contribution in [3.05, 3.63) is 16.5 Å². The van der Waals surface area contributed by atoms with E-state index in [1.165, 1.54) is 0 Å². The van der Waals surface area contributed by atoms with Crippen molar-refractivity contribution in [1.29, 1.82) is 0 Å². The standard InChI is InChI=1S/C7H10BrN3O/c1-4(3-12)5-2-10-7(9)6(8)11-5/h2,4,12H,3H2,1H3,(H2,9,10)/t4-/m0/s1. The molecular formula is C7H10BrN3O. The second kappa shape index (κ2) is 3.82. The lowest BCUT2D eigenvalue weighted by atomic mass is 10.1. The predicted molar refractivity (Wildman–Crippen MR) is 49.6 cm³/mol. The van der Waals surface area contributed by atoms with Crippen LogP contribution >= 0.6 is 15.9 Å². The first-order chi connectivity index (χ1) is 5.65. The molecule has 66 valence electrons. The highest BCUT2D eigenvalue weighted by Gasteiger charge is 2.07. The molecular weight excluding hydrogens is 222 g/mol. The highest BCUT2D eigenvalue weighted by atomic mass is 79.9. The molecule has 0 bridgehead atoms. The van der Waals surface area contributed by atoms with Crippen LogP contribution in [-0.2, 0) is 0 Å². The van der Waals surface area contributed by atoms with Crippen molar-refractivity contribution in [2.75, 3.05) is 12.3 Å². The third kappa shape index (κ3) is 1.92. The molecule has 0 fully saturated rings. The minimum atomic E-state index is -0.00519. The molecule has 0 saturated heterocycles. The normalized spacial score (nSPS) is 12.9. The molecule has 1 aromatic heterocycles. The Kier molecular flexibility index (Phi) is 2.99. The van der Waals surface area contributed by atoms with E-state index >= 15 is 0 Å². The molecule has 4 nitrogen and oxygen atoms in total. The van der Waals surface area contributed by atoms with Crippen LogP contribution in [0.15, 0.2) is 10.8 Å². The van der Waals surface area contributed by atoms with E-state index in [0.717, 1.165) is 5.69 Å².